The highest BCUT2D eigenvalue weighted by Gasteiger charge is 2.49. The summed E-state index contributed by atoms with van der Waals surface area (Å²) in [5.41, 5.74) is -0.173. The van der Waals surface area contributed by atoms with E-state index in [1.807, 2.05) is 6.07 Å². The summed E-state index contributed by atoms with van der Waals surface area (Å²) in [7, 11) is 0. The lowest BCUT2D eigenvalue weighted by atomic mass is 9.91. The number of nitrogens with one attached hydrogen (secondary N) is 1. The minimum absolute atomic E-state index is 0.267. The second-order valence-electron chi connectivity index (χ2n) is 7.52. The first-order chi connectivity index (χ1) is 15.8. The minimum atomic E-state index is -1.34. The second kappa shape index (κ2) is 9.12. The van der Waals surface area contributed by atoms with Gasteiger partial charge in [-0.2, -0.15) is 0 Å². The van der Waals surface area contributed by atoms with Gasteiger partial charge in [-0.1, -0.05) is 29.8 Å². The number of tetrazole rings is 1. The van der Waals surface area contributed by atoms with Gasteiger partial charge in [-0.25, -0.2) is 9.48 Å². The molecule has 1 aliphatic heterocycles. The van der Waals surface area contributed by atoms with Gasteiger partial charge in [0.05, 0.1) is 16.6 Å². The van der Waals surface area contributed by atoms with Crippen LogP contribution in [-0.4, -0.2) is 60.9 Å². The van der Waals surface area contributed by atoms with Gasteiger partial charge in [0, 0.05) is 11.4 Å². The van der Waals surface area contributed by atoms with Crippen molar-refractivity contribution in [3.05, 3.63) is 70.2 Å². The molecule has 3 heterocycles. The number of carbonyl (C=O) groups is 3. The summed E-state index contributed by atoms with van der Waals surface area (Å²) in [4.78, 5) is 42.4. The fourth-order valence-corrected chi connectivity index (χ4v) is 4.65. The van der Waals surface area contributed by atoms with Crippen LogP contribution in [0.5, 0.6) is 0 Å². The van der Waals surface area contributed by atoms with E-state index in [-0.39, 0.29) is 19.0 Å². The van der Waals surface area contributed by atoms with Gasteiger partial charge >= 0.3 is 6.03 Å². The first-order valence-corrected chi connectivity index (χ1v) is 11.1. The highest BCUT2D eigenvalue weighted by atomic mass is 35.5. The molecule has 3 aromatic rings. The van der Waals surface area contributed by atoms with Crippen LogP contribution in [0.25, 0.3) is 5.69 Å². The number of rotatable bonds is 8. The topological polar surface area (TPSA) is 113 Å². The molecule has 4 amide bonds. The van der Waals surface area contributed by atoms with E-state index in [9.17, 15) is 14.4 Å². The number of carbonyl (C=O) groups excluding carboxylic acids is 3. The third kappa shape index (κ3) is 4.50. The molecule has 33 heavy (non-hydrogen) atoms. The number of aromatic nitrogens is 4. The normalized spacial score (nSPS) is 17.8. The van der Waals surface area contributed by atoms with E-state index in [0.29, 0.717) is 22.1 Å². The summed E-state index contributed by atoms with van der Waals surface area (Å²) >= 11 is 7.35. The quantitative estimate of drug-likeness (QED) is 0.387. The van der Waals surface area contributed by atoms with E-state index in [0.717, 1.165) is 9.78 Å². The molecule has 12 heteroatoms. The molecule has 10 nitrogen and oxygen atoms in total. The van der Waals surface area contributed by atoms with Crippen LogP contribution in [0.1, 0.15) is 17.4 Å². The van der Waals surface area contributed by atoms with Crippen LogP contribution in [0.3, 0.4) is 0 Å². The van der Waals surface area contributed by atoms with Crippen molar-refractivity contribution in [3.63, 3.8) is 0 Å². The van der Waals surface area contributed by atoms with Crippen molar-refractivity contribution in [2.24, 2.45) is 0 Å². The fraction of sp³-hybridized carbons (Fsp3) is 0.238. The van der Waals surface area contributed by atoms with Gasteiger partial charge in [0.15, 0.2) is 0 Å². The maximum Gasteiger partial charge on any atom is 0.325 e. The first-order valence-electron chi connectivity index (χ1n) is 9.92. The lowest BCUT2D eigenvalue weighted by Gasteiger charge is -2.24. The van der Waals surface area contributed by atoms with Gasteiger partial charge in [-0.05, 0) is 47.2 Å². The molecule has 2 aromatic heterocycles. The Bertz CT molecular complexity index is 1210. The largest absolute Gasteiger partial charge is 0.332 e. The van der Waals surface area contributed by atoms with E-state index >= 15 is 0 Å². The van der Waals surface area contributed by atoms with Gasteiger partial charge in [0.25, 0.3) is 5.91 Å². The summed E-state index contributed by atoms with van der Waals surface area (Å²) in [5, 5.41) is 13.8. The number of benzene rings is 1. The molecule has 1 unspecified atom stereocenters. The summed E-state index contributed by atoms with van der Waals surface area (Å²) < 4.78 is 2.06. The average molecular weight is 486 g/mol. The molecule has 1 N–H and O–H groups in total. The Morgan fingerprint density at radius 2 is 2.15 bits per heavy atom. The molecule has 1 atom stereocenters. The molecular formula is C21H20ClN7O3S. The number of hydrogen-bond donors (Lipinski definition) is 1. The van der Waals surface area contributed by atoms with E-state index in [1.165, 1.54) is 27.2 Å². The van der Waals surface area contributed by atoms with E-state index in [2.05, 4.69) is 27.4 Å². The Morgan fingerprint density at radius 3 is 2.82 bits per heavy atom. The molecule has 0 bridgehead atoms. The van der Waals surface area contributed by atoms with Gasteiger partial charge in [0.1, 0.15) is 18.4 Å². The maximum atomic E-state index is 13.3. The van der Waals surface area contributed by atoms with Crippen molar-refractivity contribution < 1.29 is 14.4 Å². The third-order valence-electron chi connectivity index (χ3n) is 5.28. The van der Waals surface area contributed by atoms with Gasteiger partial charge in [0.2, 0.25) is 5.91 Å². The SMILES string of the molecule is C=CCN(Cc1ccc(Cl)s1)C(=O)CN1C(=O)NC(C)(c2cccc(-n3cnnn3)c2)C1=O. The van der Waals surface area contributed by atoms with Crippen LogP contribution in [0, 0.1) is 0 Å². The molecule has 0 radical (unpaired) electrons. The van der Waals surface area contributed by atoms with Crippen molar-refractivity contribution in [1.82, 2.24) is 35.3 Å². The van der Waals surface area contributed by atoms with E-state index in [1.54, 1.807) is 43.3 Å². The molecule has 170 valence electrons. The predicted molar refractivity (Wildman–Crippen MR) is 122 cm³/mol. The number of urea groups is 1. The molecule has 1 saturated heterocycles. The third-order valence-corrected chi connectivity index (χ3v) is 6.50. The van der Waals surface area contributed by atoms with Gasteiger partial charge in [-0.15, -0.1) is 23.0 Å². The van der Waals surface area contributed by atoms with Crippen molar-refractivity contribution in [3.8, 4) is 5.69 Å². The zero-order valence-corrected chi connectivity index (χ0v) is 19.2. The van der Waals surface area contributed by atoms with Crippen LogP contribution >= 0.6 is 22.9 Å². The number of imide groups is 1. The number of thiophene rings is 1. The monoisotopic (exact) mass is 485 g/mol. The summed E-state index contributed by atoms with van der Waals surface area (Å²) in [6, 6.07) is 9.90. The fourth-order valence-electron chi connectivity index (χ4n) is 3.55. The lowest BCUT2D eigenvalue weighted by Crippen LogP contribution is -2.44. The highest BCUT2D eigenvalue weighted by Crippen LogP contribution is 2.30. The molecule has 4 rings (SSSR count). The Labute approximate surface area is 198 Å². The Hall–Kier alpha value is -3.57. The molecule has 0 saturated carbocycles. The molecule has 0 spiro atoms. The minimum Gasteiger partial charge on any atom is -0.332 e. The first kappa shape index (κ1) is 22.6. The standard InChI is InChI=1S/C21H20ClN7O3S/c1-3-9-27(11-16-7-8-17(22)33-16)18(30)12-28-19(31)21(2,24-20(28)32)14-5-4-6-15(10-14)29-13-23-25-26-29/h3-8,10,13H,1,9,11-12H2,2H3,(H,24,32). The lowest BCUT2D eigenvalue weighted by molar-refractivity contribution is -0.138. The zero-order chi connectivity index (χ0) is 23.6. The summed E-state index contributed by atoms with van der Waals surface area (Å²) in [5.74, 6) is -0.901. The Balaban J connectivity index is 1.53. The van der Waals surface area contributed by atoms with Crippen LogP contribution < -0.4 is 5.32 Å². The smallest absolute Gasteiger partial charge is 0.325 e. The maximum absolute atomic E-state index is 13.3. The van der Waals surface area contributed by atoms with Crippen LogP contribution in [-0.2, 0) is 21.7 Å². The van der Waals surface area contributed by atoms with Crippen molar-refractivity contribution in [2.75, 3.05) is 13.1 Å². The molecule has 0 aliphatic carbocycles. The Morgan fingerprint density at radius 1 is 1.33 bits per heavy atom. The predicted octanol–water partition coefficient (Wildman–Crippen LogP) is 2.36. The van der Waals surface area contributed by atoms with Gasteiger partial charge in [-0.3, -0.25) is 14.5 Å². The summed E-state index contributed by atoms with van der Waals surface area (Å²) in [6.07, 6.45) is 3.02. The summed E-state index contributed by atoms with van der Waals surface area (Å²) in [6.45, 7) is 5.47. The second-order valence-corrected chi connectivity index (χ2v) is 9.32. The molecular weight excluding hydrogens is 466 g/mol. The number of nitrogens with zero attached hydrogens (tertiary/aromatic N) is 6. The Kier molecular flexibility index (Phi) is 6.25. The van der Waals surface area contributed by atoms with E-state index < -0.39 is 17.5 Å². The van der Waals surface area contributed by atoms with Crippen LogP contribution in [0.2, 0.25) is 4.34 Å². The number of amides is 4. The van der Waals surface area contributed by atoms with Gasteiger partial charge < -0.3 is 10.2 Å². The van der Waals surface area contributed by atoms with Crippen molar-refractivity contribution >= 4 is 40.8 Å². The van der Waals surface area contributed by atoms with Crippen molar-refractivity contribution in [1.29, 1.82) is 0 Å². The average Bonchev–Trinajstić information content (AvgIpc) is 3.52. The zero-order valence-electron chi connectivity index (χ0n) is 17.6. The molecule has 1 aromatic carbocycles. The van der Waals surface area contributed by atoms with E-state index in [4.69, 9.17) is 11.6 Å². The van der Waals surface area contributed by atoms with Crippen LogP contribution in [0.15, 0.2) is 55.4 Å². The van der Waals surface area contributed by atoms with Crippen molar-refractivity contribution in [2.45, 2.75) is 19.0 Å². The number of hydrogen-bond acceptors (Lipinski definition) is 7. The molecule has 1 aliphatic rings. The number of halogens is 1. The molecule has 1 fully saturated rings. The highest BCUT2D eigenvalue weighted by molar-refractivity contribution is 7.16. The van der Waals surface area contributed by atoms with Crippen LogP contribution in [0.4, 0.5) is 4.79 Å².